The van der Waals surface area contributed by atoms with Crippen LogP contribution in [0.25, 0.3) is 0 Å². The van der Waals surface area contributed by atoms with Gasteiger partial charge in [-0.15, -0.1) is 10.2 Å². The second-order valence-electron chi connectivity index (χ2n) is 6.19. The van der Waals surface area contributed by atoms with E-state index >= 15 is 0 Å². The number of nitrogens with one attached hydrogen (secondary N) is 1. The number of hydrogen-bond acceptors (Lipinski definition) is 5. The standard InChI is InChI=1S/C14H27N3OS/c1-11(2)9-15-8-6-7-12-16-17-13(19-12)10-18-14(3,4)5/h11,15H,6-10H2,1-5H3. The zero-order valence-corrected chi connectivity index (χ0v) is 13.6. The van der Waals surface area contributed by atoms with Gasteiger partial charge in [-0.2, -0.15) is 0 Å². The van der Waals surface area contributed by atoms with Crippen molar-refractivity contribution in [3.05, 3.63) is 10.0 Å². The molecule has 4 nitrogen and oxygen atoms in total. The van der Waals surface area contributed by atoms with Crippen LogP contribution in [-0.2, 0) is 17.8 Å². The van der Waals surface area contributed by atoms with Crippen LogP contribution in [0.3, 0.4) is 0 Å². The van der Waals surface area contributed by atoms with Crippen molar-refractivity contribution in [1.82, 2.24) is 15.5 Å². The first-order valence-electron chi connectivity index (χ1n) is 7.03. The van der Waals surface area contributed by atoms with Crippen molar-refractivity contribution in [3.8, 4) is 0 Å². The van der Waals surface area contributed by atoms with Gasteiger partial charge in [-0.3, -0.25) is 0 Å². The van der Waals surface area contributed by atoms with Gasteiger partial charge in [0.25, 0.3) is 0 Å². The normalized spacial score (nSPS) is 12.3. The molecule has 0 aliphatic heterocycles. The van der Waals surface area contributed by atoms with E-state index in [1.807, 2.05) is 0 Å². The average Bonchev–Trinajstić information content (AvgIpc) is 2.72. The Morgan fingerprint density at radius 1 is 1.21 bits per heavy atom. The van der Waals surface area contributed by atoms with E-state index in [1.54, 1.807) is 11.3 Å². The van der Waals surface area contributed by atoms with Crippen LogP contribution in [0.2, 0.25) is 0 Å². The third-order valence-electron chi connectivity index (χ3n) is 2.43. The van der Waals surface area contributed by atoms with Gasteiger partial charge in [-0.1, -0.05) is 25.2 Å². The Hall–Kier alpha value is -0.520. The average molecular weight is 285 g/mol. The Labute approximate surface area is 121 Å². The molecule has 1 N–H and O–H groups in total. The molecular formula is C14H27N3OS. The number of nitrogens with zero attached hydrogens (tertiary/aromatic N) is 2. The lowest BCUT2D eigenvalue weighted by Crippen LogP contribution is -2.21. The summed E-state index contributed by atoms with van der Waals surface area (Å²) in [6, 6.07) is 0. The van der Waals surface area contributed by atoms with E-state index < -0.39 is 0 Å². The SMILES string of the molecule is CC(C)CNCCCc1nnc(COC(C)(C)C)s1. The second kappa shape index (κ2) is 7.92. The third-order valence-corrected chi connectivity index (χ3v) is 3.39. The first kappa shape index (κ1) is 16.5. The van der Waals surface area contributed by atoms with E-state index in [4.69, 9.17) is 4.74 Å². The van der Waals surface area contributed by atoms with E-state index in [1.165, 1.54) is 0 Å². The number of hydrogen-bond donors (Lipinski definition) is 1. The number of ether oxygens (including phenoxy) is 1. The molecule has 5 heteroatoms. The fraction of sp³-hybridized carbons (Fsp3) is 0.857. The maximum Gasteiger partial charge on any atom is 0.143 e. The predicted octanol–water partition coefficient (Wildman–Crippen LogP) is 3.03. The lowest BCUT2D eigenvalue weighted by Gasteiger charge is -2.17. The Bertz CT molecular complexity index is 358. The molecule has 0 atom stereocenters. The van der Waals surface area contributed by atoms with E-state index in [0.29, 0.717) is 12.5 Å². The number of aromatic nitrogens is 2. The van der Waals surface area contributed by atoms with Crippen LogP contribution in [0.4, 0.5) is 0 Å². The topological polar surface area (TPSA) is 47.0 Å². The summed E-state index contributed by atoms with van der Waals surface area (Å²) in [5.41, 5.74) is -0.118. The highest BCUT2D eigenvalue weighted by molar-refractivity contribution is 7.11. The molecule has 0 unspecified atom stereocenters. The molecule has 110 valence electrons. The first-order valence-corrected chi connectivity index (χ1v) is 7.84. The lowest BCUT2D eigenvalue weighted by molar-refractivity contribution is -0.0152. The second-order valence-corrected chi connectivity index (χ2v) is 7.34. The summed E-state index contributed by atoms with van der Waals surface area (Å²) in [6.07, 6.45) is 2.11. The molecule has 1 heterocycles. The van der Waals surface area contributed by atoms with Gasteiger partial charge in [0, 0.05) is 6.42 Å². The van der Waals surface area contributed by atoms with Crippen LogP contribution in [0.5, 0.6) is 0 Å². The molecule has 0 spiro atoms. The molecule has 0 amide bonds. The molecule has 1 rings (SSSR count). The Morgan fingerprint density at radius 2 is 1.89 bits per heavy atom. The van der Waals surface area contributed by atoms with E-state index in [-0.39, 0.29) is 5.60 Å². The highest BCUT2D eigenvalue weighted by Crippen LogP contribution is 2.16. The predicted molar refractivity (Wildman–Crippen MR) is 80.5 cm³/mol. The molecule has 0 bridgehead atoms. The summed E-state index contributed by atoms with van der Waals surface area (Å²) >= 11 is 1.66. The van der Waals surface area contributed by atoms with Gasteiger partial charge in [0.1, 0.15) is 16.6 Å². The first-order chi connectivity index (χ1) is 8.87. The molecule has 19 heavy (non-hydrogen) atoms. The fourth-order valence-electron chi connectivity index (χ4n) is 1.48. The highest BCUT2D eigenvalue weighted by atomic mass is 32.1. The van der Waals surface area contributed by atoms with Crippen LogP contribution in [0.15, 0.2) is 0 Å². The molecule has 0 saturated heterocycles. The molecule has 0 fully saturated rings. The van der Waals surface area contributed by atoms with Crippen molar-refractivity contribution in [2.75, 3.05) is 13.1 Å². The van der Waals surface area contributed by atoms with Gasteiger partial charge in [0.05, 0.1) is 5.60 Å². The molecule has 1 aromatic rings. The molecule has 0 aliphatic carbocycles. The van der Waals surface area contributed by atoms with Crippen molar-refractivity contribution in [2.45, 2.75) is 59.7 Å². The Balaban J connectivity index is 2.20. The summed E-state index contributed by atoms with van der Waals surface area (Å²) < 4.78 is 5.69. The van der Waals surface area contributed by atoms with Crippen LogP contribution in [-0.4, -0.2) is 28.9 Å². The van der Waals surface area contributed by atoms with Crippen LogP contribution >= 0.6 is 11.3 Å². The summed E-state index contributed by atoms with van der Waals surface area (Å²) in [4.78, 5) is 0. The summed E-state index contributed by atoms with van der Waals surface area (Å²) in [6.45, 7) is 13.3. The summed E-state index contributed by atoms with van der Waals surface area (Å²) in [5.74, 6) is 0.711. The Kier molecular flexibility index (Phi) is 6.89. The van der Waals surface area contributed by atoms with Crippen molar-refractivity contribution >= 4 is 11.3 Å². The minimum atomic E-state index is -0.118. The number of rotatable bonds is 8. The van der Waals surface area contributed by atoms with Gasteiger partial charge >= 0.3 is 0 Å². The van der Waals surface area contributed by atoms with E-state index in [0.717, 1.165) is 35.9 Å². The fourth-order valence-corrected chi connectivity index (χ4v) is 2.28. The van der Waals surface area contributed by atoms with Gasteiger partial charge in [-0.05, 0) is 46.2 Å². The molecule has 0 aliphatic rings. The minimum Gasteiger partial charge on any atom is -0.369 e. The monoisotopic (exact) mass is 285 g/mol. The zero-order valence-electron chi connectivity index (χ0n) is 12.8. The van der Waals surface area contributed by atoms with Crippen LogP contribution in [0.1, 0.15) is 51.1 Å². The van der Waals surface area contributed by atoms with E-state index in [2.05, 4.69) is 50.1 Å². The zero-order chi connectivity index (χ0) is 14.3. The maximum atomic E-state index is 5.69. The summed E-state index contributed by atoms with van der Waals surface area (Å²) in [5, 5.41) is 13.9. The third kappa shape index (κ3) is 8.29. The largest absolute Gasteiger partial charge is 0.369 e. The molecule has 0 saturated carbocycles. The van der Waals surface area contributed by atoms with Gasteiger partial charge in [0.2, 0.25) is 0 Å². The molecule has 0 radical (unpaired) electrons. The number of aryl methyl sites for hydroxylation is 1. The highest BCUT2D eigenvalue weighted by Gasteiger charge is 2.12. The molecule has 1 aromatic heterocycles. The smallest absolute Gasteiger partial charge is 0.143 e. The van der Waals surface area contributed by atoms with Crippen molar-refractivity contribution in [3.63, 3.8) is 0 Å². The molecule has 0 aromatic carbocycles. The van der Waals surface area contributed by atoms with Crippen LogP contribution < -0.4 is 5.32 Å². The molecular weight excluding hydrogens is 258 g/mol. The van der Waals surface area contributed by atoms with Crippen molar-refractivity contribution < 1.29 is 4.74 Å². The van der Waals surface area contributed by atoms with Crippen molar-refractivity contribution in [1.29, 1.82) is 0 Å². The van der Waals surface area contributed by atoms with Crippen LogP contribution in [0, 0.1) is 5.92 Å². The van der Waals surface area contributed by atoms with Gasteiger partial charge in [-0.25, -0.2) is 0 Å². The van der Waals surface area contributed by atoms with Crippen molar-refractivity contribution in [2.24, 2.45) is 5.92 Å². The maximum absolute atomic E-state index is 5.69. The van der Waals surface area contributed by atoms with E-state index in [9.17, 15) is 0 Å². The quantitative estimate of drug-likeness (QED) is 0.746. The van der Waals surface area contributed by atoms with Gasteiger partial charge in [0.15, 0.2) is 0 Å². The Morgan fingerprint density at radius 3 is 2.53 bits per heavy atom. The summed E-state index contributed by atoms with van der Waals surface area (Å²) in [7, 11) is 0. The lowest BCUT2D eigenvalue weighted by atomic mass is 10.2. The van der Waals surface area contributed by atoms with Gasteiger partial charge < -0.3 is 10.1 Å². The minimum absolute atomic E-state index is 0.118.